The van der Waals surface area contributed by atoms with Crippen LogP contribution in [0, 0.1) is 23.1 Å². The Morgan fingerprint density at radius 2 is 2.16 bits per heavy atom. The number of carbonyl (C=O) groups is 2. The summed E-state index contributed by atoms with van der Waals surface area (Å²) in [4.78, 5) is 26.5. The third-order valence-electron chi connectivity index (χ3n) is 4.37. The van der Waals surface area contributed by atoms with Crippen LogP contribution < -0.4 is 5.32 Å². The van der Waals surface area contributed by atoms with Crippen molar-refractivity contribution in [2.75, 3.05) is 6.54 Å². The summed E-state index contributed by atoms with van der Waals surface area (Å²) in [6, 6.07) is 5.53. The van der Waals surface area contributed by atoms with Crippen molar-refractivity contribution in [2.24, 2.45) is 5.92 Å². The van der Waals surface area contributed by atoms with Crippen LogP contribution in [0.1, 0.15) is 50.7 Å². The highest BCUT2D eigenvalue weighted by Gasteiger charge is 2.31. The molecule has 1 aromatic rings. The third kappa shape index (κ3) is 5.02. The lowest BCUT2D eigenvalue weighted by Crippen LogP contribution is -2.51. The zero-order valence-electron chi connectivity index (χ0n) is 14.7. The van der Waals surface area contributed by atoms with Gasteiger partial charge in [-0.3, -0.25) is 9.59 Å². The Morgan fingerprint density at radius 3 is 2.76 bits per heavy atom. The number of piperidine rings is 1. The predicted molar refractivity (Wildman–Crippen MR) is 91.8 cm³/mol. The molecule has 1 atom stereocenters. The molecule has 25 heavy (non-hydrogen) atoms. The third-order valence-corrected chi connectivity index (χ3v) is 4.37. The molecule has 0 spiro atoms. The molecule has 0 unspecified atom stereocenters. The van der Waals surface area contributed by atoms with Gasteiger partial charge in [0, 0.05) is 25.1 Å². The molecule has 0 aliphatic carbocycles. The van der Waals surface area contributed by atoms with Gasteiger partial charge in [-0.2, -0.15) is 5.26 Å². The summed E-state index contributed by atoms with van der Waals surface area (Å²) in [5, 5.41) is 11.5. The number of hydrogen-bond acceptors (Lipinski definition) is 3. The summed E-state index contributed by atoms with van der Waals surface area (Å²) in [5.74, 6) is -0.504. The minimum atomic E-state index is -0.520. The minimum absolute atomic E-state index is 0.0107. The van der Waals surface area contributed by atoms with E-state index in [9.17, 15) is 14.0 Å². The lowest BCUT2D eigenvalue weighted by molar-refractivity contribution is -0.143. The molecular formula is C19H24FN3O2. The van der Waals surface area contributed by atoms with E-state index >= 15 is 0 Å². The fraction of sp³-hybridized carbons (Fsp3) is 0.526. The first-order valence-electron chi connectivity index (χ1n) is 8.68. The Labute approximate surface area is 147 Å². The van der Waals surface area contributed by atoms with Crippen molar-refractivity contribution in [3.8, 4) is 6.07 Å². The normalized spacial score (nSPS) is 15.8. The quantitative estimate of drug-likeness (QED) is 0.861. The van der Waals surface area contributed by atoms with E-state index in [0.717, 1.165) is 18.9 Å². The van der Waals surface area contributed by atoms with Crippen molar-refractivity contribution in [1.29, 1.82) is 5.26 Å². The second kappa shape index (κ2) is 8.61. The number of nitrogens with one attached hydrogen (secondary N) is 1. The van der Waals surface area contributed by atoms with Crippen molar-refractivity contribution in [2.45, 2.75) is 52.1 Å². The highest BCUT2D eigenvalue weighted by Crippen LogP contribution is 2.19. The lowest BCUT2D eigenvalue weighted by Gasteiger charge is -2.34. The molecule has 0 bridgehead atoms. The first-order valence-corrected chi connectivity index (χ1v) is 8.68. The van der Waals surface area contributed by atoms with Crippen molar-refractivity contribution in [3.05, 3.63) is 35.1 Å². The Balaban J connectivity index is 2.06. The topological polar surface area (TPSA) is 73.2 Å². The number of benzene rings is 1. The Morgan fingerprint density at radius 1 is 1.40 bits per heavy atom. The first kappa shape index (κ1) is 18.9. The number of carbonyl (C=O) groups excluding carboxylic acids is 2. The van der Waals surface area contributed by atoms with Gasteiger partial charge < -0.3 is 10.2 Å². The van der Waals surface area contributed by atoms with E-state index in [1.54, 1.807) is 4.90 Å². The molecule has 6 heteroatoms. The largest absolute Gasteiger partial charge is 0.350 e. The molecule has 1 saturated heterocycles. The van der Waals surface area contributed by atoms with Crippen molar-refractivity contribution >= 4 is 11.8 Å². The zero-order valence-corrected chi connectivity index (χ0v) is 14.7. The fourth-order valence-corrected chi connectivity index (χ4v) is 3.04. The van der Waals surface area contributed by atoms with E-state index in [4.69, 9.17) is 5.26 Å². The molecule has 1 N–H and O–H groups in total. The van der Waals surface area contributed by atoms with Gasteiger partial charge in [-0.05, 0) is 37.3 Å². The summed E-state index contributed by atoms with van der Waals surface area (Å²) >= 11 is 0. The molecule has 1 aromatic carbocycles. The summed E-state index contributed by atoms with van der Waals surface area (Å²) in [6.45, 7) is 4.64. The highest BCUT2D eigenvalue weighted by atomic mass is 19.1. The number of nitrogens with zero attached hydrogens (tertiary/aromatic N) is 2. The van der Waals surface area contributed by atoms with Crippen LogP contribution in [0.25, 0.3) is 0 Å². The zero-order chi connectivity index (χ0) is 18.4. The summed E-state index contributed by atoms with van der Waals surface area (Å²) in [5.41, 5.74) is 0.560. The van der Waals surface area contributed by atoms with Crippen LogP contribution in [-0.4, -0.2) is 29.3 Å². The average Bonchev–Trinajstić information content (AvgIpc) is 2.58. The second-order valence-electron chi connectivity index (χ2n) is 6.83. The van der Waals surface area contributed by atoms with Gasteiger partial charge in [-0.25, -0.2) is 4.39 Å². The monoisotopic (exact) mass is 345 g/mol. The van der Waals surface area contributed by atoms with E-state index < -0.39 is 11.9 Å². The molecule has 5 nitrogen and oxygen atoms in total. The number of nitriles is 1. The number of likely N-dealkylation sites (tertiary alicyclic amines) is 1. The maximum absolute atomic E-state index is 13.9. The molecule has 1 heterocycles. The van der Waals surface area contributed by atoms with Crippen molar-refractivity contribution in [1.82, 2.24) is 10.2 Å². The molecule has 0 aromatic heterocycles. The number of rotatable bonds is 6. The van der Waals surface area contributed by atoms with Gasteiger partial charge in [0.1, 0.15) is 11.9 Å². The number of halogens is 1. The van der Waals surface area contributed by atoms with Crippen LogP contribution in [0.3, 0.4) is 0 Å². The first-order chi connectivity index (χ1) is 11.9. The van der Waals surface area contributed by atoms with Crippen LogP contribution in [-0.2, 0) is 16.1 Å². The SMILES string of the molecule is CC(C)C[C@@H](C(=O)NCc1ccc(C#N)cc1F)N1CCCCC1=O. The Hall–Kier alpha value is -2.42. The van der Waals surface area contributed by atoms with Crippen LogP contribution in [0.5, 0.6) is 0 Å². The van der Waals surface area contributed by atoms with Gasteiger partial charge >= 0.3 is 0 Å². The molecule has 1 fully saturated rings. The standard InChI is InChI=1S/C19H24FN3O2/c1-13(2)9-17(23-8-4-3-5-18(23)24)19(25)22-12-15-7-6-14(11-21)10-16(15)20/h6-7,10,13,17H,3-5,8-9,12H2,1-2H3,(H,22,25)/t17-/m0/s1. The van der Waals surface area contributed by atoms with Gasteiger partial charge in [0.05, 0.1) is 11.6 Å². The van der Waals surface area contributed by atoms with Crippen molar-refractivity contribution in [3.63, 3.8) is 0 Å². The molecule has 2 rings (SSSR count). The van der Waals surface area contributed by atoms with E-state index in [-0.39, 0.29) is 29.8 Å². The van der Waals surface area contributed by atoms with Gasteiger partial charge in [0.25, 0.3) is 0 Å². The van der Waals surface area contributed by atoms with E-state index in [0.29, 0.717) is 24.9 Å². The van der Waals surface area contributed by atoms with Crippen LogP contribution in [0.4, 0.5) is 4.39 Å². The smallest absolute Gasteiger partial charge is 0.243 e. The van der Waals surface area contributed by atoms with E-state index in [1.165, 1.54) is 12.1 Å². The minimum Gasteiger partial charge on any atom is -0.350 e. The van der Waals surface area contributed by atoms with Crippen molar-refractivity contribution < 1.29 is 14.0 Å². The maximum atomic E-state index is 13.9. The van der Waals surface area contributed by atoms with Crippen LogP contribution in [0.2, 0.25) is 0 Å². The molecule has 1 aliphatic heterocycles. The maximum Gasteiger partial charge on any atom is 0.243 e. The van der Waals surface area contributed by atoms with E-state index in [1.807, 2.05) is 19.9 Å². The molecule has 134 valence electrons. The van der Waals surface area contributed by atoms with Gasteiger partial charge in [0.2, 0.25) is 11.8 Å². The molecule has 2 amide bonds. The number of hydrogen-bond donors (Lipinski definition) is 1. The highest BCUT2D eigenvalue weighted by molar-refractivity contribution is 5.88. The summed E-state index contributed by atoms with van der Waals surface area (Å²) in [6.07, 6.45) is 2.82. The van der Waals surface area contributed by atoms with Gasteiger partial charge in [-0.15, -0.1) is 0 Å². The lowest BCUT2D eigenvalue weighted by atomic mass is 9.98. The van der Waals surface area contributed by atoms with Crippen LogP contribution in [0.15, 0.2) is 18.2 Å². The van der Waals surface area contributed by atoms with Gasteiger partial charge in [-0.1, -0.05) is 19.9 Å². The molecular weight excluding hydrogens is 321 g/mol. The summed E-state index contributed by atoms with van der Waals surface area (Å²) < 4.78 is 13.9. The Bertz CT molecular complexity index is 682. The van der Waals surface area contributed by atoms with Gasteiger partial charge in [0.15, 0.2) is 0 Å². The van der Waals surface area contributed by atoms with Crippen LogP contribution >= 0.6 is 0 Å². The predicted octanol–water partition coefficient (Wildman–Crippen LogP) is 2.74. The summed E-state index contributed by atoms with van der Waals surface area (Å²) in [7, 11) is 0. The molecule has 0 saturated carbocycles. The molecule has 0 radical (unpaired) electrons. The number of amides is 2. The second-order valence-corrected chi connectivity index (χ2v) is 6.83. The Kier molecular flexibility index (Phi) is 6.51. The fourth-order valence-electron chi connectivity index (χ4n) is 3.04. The average molecular weight is 345 g/mol. The van der Waals surface area contributed by atoms with E-state index in [2.05, 4.69) is 5.32 Å². The molecule has 1 aliphatic rings.